The number of halogens is 1. The maximum Gasteiger partial charge on any atom is 0.351 e. The molecule has 0 unspecified atom stereocenters. The predicted octanol–water partition coefficient (Wildman–Crippen LogP) is 4.91. The van der Waals surface area contributed by atoms with Crippen LogP contribution in [0.5, 0.6) is 11.5 Å². The third-order valence-corrected chi connectivity index (χ3v) is 6.38. The molecule has 8 nitrogen and oxygen atoms in total. The monoisotopic (exact) mass is 484 g/mol. The summed E-state index contributed by atoms with van der Waals surface area (Å²) in [4.78, 5) is 22.0. The second kappa shape index (κ2) is 10.1. The summed E-state index contributed by atoms with van der Waals surface area (Å²) >= 11 is 1.21. The minimum atomic E-state index is -0.466. The molecule has 1 N–H and O–H groups in total. The van der Waals surface area contributed by atoms with Crippen LogP contribution in [0.15, 0.2) is 36.5 Å². The van der Waals surface area contributed by atoms with Gasteiger partial charge in [-0.3, -0.25) is 0 Å². The van der Waals surface area contributed by atoms with E-state index in [1.54, 1.807) is 31.5 Å². The number of fused-ring (bicyclic) bond motifs is 1. The van der Waals surface area contributed by atoms with E-state index in [0.29, 0.717) is 58.1 Å². The zero-order valence-corrected chi connectivity index (χ0v) is 20.2. The molecule has 0 radical (unpaired) electrons. The molecule has 0 saturated carbocycles. The minimum Gasteiger partial charge on any atom is -0.496 e. The van der Waals surface area contributed by atoms with Gasteiger partial charge >= 0.3 is 5.97 Å². The molecule has 0 aliphatic carbocycles. The number of hydrogen-bond acceptors (Lipinski definition) is 8. The van der Waals surface area contributed by atoms with Gasteiger partial charge in [0.05, 0.1) is 31.2 Å². The predicted molar refractivity (Wildman–Crippen MR) is 130 cm³/mol. The number of esters is 1. The number of carbonyl (C=O) groups is 1. The number of aromatic nitrogens is 3. The average molecular weight is 485 g/mol. The molecule has 0 fully saturated rings. The van der Waals surface area contributed by atoms with Gasteiger partial charge in [0, 0.05) is 36.4 Å². The molecular weight excluding hydrogens is 459 g/mol. The summed E-state index contributed by atoms with van der Waals surface area (Å²) in [6, 6.07) is 8.47. The van der Waals surface area contributed by atoms with Crippen LogP contribution in [0, 0.1) is 12.7 Å². The smallest absolute Gasteiger partial charge is 0.351 e. The maximum absolute atomic E-state index is 14.6. The number of anilines is 1. The number of aryl methyl sites for hydroxylation is 1. The Hall–Kier alpha value is -3.66. The van der Waals surface area contributed by atoms with E-state index < -0.39 is 5.97 Å². The quantitative estimate of drug-likeness (QED) is 0.338. The van der Waals surface area contributed by atoms with Gasteiger partial charge in [-0.2, -0.15) is 0 Å². The second-order valence-electron chi connectivity index (χ2n) is 7.37. The summed E-state index contributed by atoms with van der Waals surface area (Å²) in [6.45, 7) is 5.24. The highest BCUT2D eigenvalue weighted by Crippen LogP contribution is 2.36. The van der Waals surface area contributed by atoms with Gasteiger partial charge in [-0.1, -0.05) is 0 Å². The number of methoxy groups -OCH3 is 2. The lowest BCUT2D eigenvalue weighted by Crippen LogP contribution is -2.13. The molecule has 0 aliphatic rings. The van der Waals surface area contributed by atoms with E-state index >= 15 is 0 Å². The average Bonchev–Trinajstić information content (AvgIpc) is 3.41. The molecular formula is C24H25FN4O4S. The molecule has 0 spiro atoms. The standard InChI is InChI=1S/C24H25FN4O4S/c1-5-33-18-13-19(34-22(18)24(30)32-4)23-27-9-8-20(28-23)26-10-11-29-14(2)12-15-17(31-3)7-6-16(25)21(15)29/h6-9,12-13H,5,10-11H2,1-4H3,(H,26,27,28). The highest BCUT2D eigenvalue weighted by Gasteiger charge is 2.20. The zero-order chi connectivity index (χ0) is 24.2. The summed E-state index contributed by atoms with van der Waals surface area (Å²) in [6.07, 6.45) is 1.64. The van der Waals surface area contributed by atoms with Crippen LogP contribution in [-0.2, 0) is 11.3 Å². The van der Waals surface area contributed by atoms with Crippen molar-refractivity contribution in [3.05, 3.63) is 52.9 Å². The van der Waals surface area contributed by atoms with Crippen LogP contribution in [-0.4, -0.2) is 47.9 Å². The van der Waals surface area contributed by atoms with Crippen LogP contribution in [0.3, 0.4) is 0 Å². The van der Waals surface area contributed by atoms with Crippen molar-refractivity contribution < 1.29 is 23.4 Å². The number of ether oxygens (including phenoxy) is 3. The SMILES string of the molecule is CCOc1cc(-c2nccc(NCCn3c(C)cc4c(OC)ccc(F)c43)n2)sc1C(=O)OC. The van der Waals surface area contributed by atoms with Crippen molar-refractivity contribution in [1.29, 1.82) is 0 Å². The van der Waals surface area contributed by atoms with Crippen molar-refractivity contribution in [3.63, 3.8) is 0 Å². The van der Waals surface area contributed by atoms with E-state index in [2.05, 4.69) is 15.3 Å². The Bertz CT molecular complexity index is 1330. The molecule has 4 aromatic rings. The molecule has 0 saturated heterocycles. The van der Waals surface area contributed by atoms with Crippen LogP contribution in [0.25, 0.3) is 21.6 Å². The van der Waals surface area contributed by atoms with Crippen molar-refractivity contribution in [3.8, 4) is 22.2 Å². The summed E-state index contributed by atoms with van der Waals surface area (Å²) in [5.41, 5.74) is 1.44. The van der Waals surface area contributed by atoms with E-state index in [1.807, 2.05) is 24.5 Å². The van der Waals surface area contributed by atoms with Crippen LogP contribution in [0.1, 0.15) is 22.3 Å². The Labute approximate surface area is 200 Å². The first-order chi connectivity index (χ1) is 16.5. The molecule has 0 aliphatic heterocycles. The van der Waals surface area contributed by atoms with E-state index in [4.69, 9.17) is 14.2 Å². The van der Waals surface area contributed by atoms with E-state index in [-0.39, 0.29) is 5.82 Å². The third-order valence-electron chi connectivity index (χ3n) is 5.28. The van der Waals surface area contributed by atoms with Crippen molar-refractivity contribution in [2.75, 3.05) is 32.7 Å². The summed E-state index contributed by atoms with van der Waals surface area (Å²) < 4.78 is 32.3. The van der Waals surface area contributed by atoms with Gasteiger partial charge in [-0.15, -0.1) is 11.3 Å². The summed E-state index contributed by atoms with van der Waals surface area (Å²) in [5, 5.41) is 4.01. The first-order valence-electron chi connectivity index (χ1n) is 10.7. The highest BCUT2D eigenvalue weighted by molar-refractivity contribution is 7.17. The number of carbonyl (C=O) groups excluding carboxylic acids is 1. The van der Waals surface area contributed by atoms with E-state index in [0.717, 1.165) is 11.1 Å². The number of hydrogen-bond donors (Lipinski definition) is 1. The van der Waals surface area contributed by atoms with Gasteiger partial charge in [0.25, 0.3) is 0 Å². The van der Waals surface area contributed by atoms with Gasteiger partial charge < -0.3 is 24.1 Å². The molecule has 10 heteroatoms. The summed E-state index contributed by atoms with van der Waals surface area (Å²) in [5.74, 6) is 1.40. The number of benzene rings is 1. The fourth-order valence-corrected chi connectivity index (χ4v) is 4.72. The molecule has 4 rings (SSSR count). The highest BCUT2D eigenvalue weighted by atomic mass is 32.1. The van der Waals surface area contributed by atoms with Gasteiger partial charge in [0.1, 0.15) is 23.1 Å². The molecule has 0 bridgehead atoms. The van der Waals surface area contributed by atoms with E-state index in [9.17, 15) is 9.18 Å². The normalized spacial score (nSPS) is 11.0. The van der Waals surface area contributed by atoms with Gasteiger partial charge in [-0.25, -0.2) is 19.2 Å². The molecule has 3 aromatic heterocycles. The van der Waals surface area contributed by atoms with Gasteiger partial charge in [0.2, 0.25) is 0 Å². The van der Waals surface area contributed by atoms with Crippen LogP contribution in [0.4, 0.5) is 10.2 Å². The van der Waals surface area contributed by atoms with Gasteiger partial charge in [0.15, 0.2) is 10.7 Å². The van der Waals surface area contributed by atoms with Crippen molar-refractivity contribution >= 4 is 34.0 Å². The molecule has 3 heterocycles. The first-order valence-corrected chi connectivity index (χ1v) is 11.5. The van der Waals surface area contributed by atoms with Crippen molar-refractivity contribution in [1.82, 2.24) is 14.5 Å². The first kappa shape index (κ1) is 23.5. The number of nitrogens with one attached hydrogen (secondary N) is 1. The lowest BCUT2D eigenvalue weighted by Gasteiger charge is -2.11. The van der Waals surface area contributed by atoms with Crippen LogP contribution < -0.4 is 14.8 Å². The minimum absolute atomic E-state index is 0.294. The molecule has 0 amide bonds. The fourth-order valence-electron chi connectivity index (χ4n) is 3.76. The molecule has 1 aromatic carbocycles. The Kier molecular flexibility index (Phi) is 6.97. The fraction of sp³-hybridized carbons (Fsp3) is 0.292. The maximum atomic E-state index is 14.6. The lowest BCUT2D eigenvalue weighted by molar-refractivity contribution is 0.0602. The van der Waals surface area contributed by atoms with Gasteiger partial charge in [-0.05, 0) is 38.1 Å². The number of thiophene rings is 1. The molecule has 0 atom stereocenters. The molecule has 34 heavy (non-hydrogen) atoms. The van der Waals surface area contributed by atoms with E-state index in [1.165, 1.54) is 24.5 Å². The zero-order valence-electron chi connectivity index (χ0n) is 19.3. The van der Waals surface area contributed by atoms with Crippen LogP contribution in [0.2, 0.25) is 0 Å². The second-order valence-corrected chi connectivity index (χ2v) is 8.42. The number of rotatable bonds is 9. The largest absolute Gasteiger partial charge is 0.496 e. The lowest BCUT2D eigenvalue weighted by atomic mass is 10.2. The van der Waals surface area contributed by atoms with Crippen molar-refractivity contribution in [2.45, 2.75) is 20.4 Å². The Morgan fingerprint density at radius 3 is 2.76 bits per heavy atom. The topological polar surface area (TPSA) is 87.5 Å². The number of nitrogens with zero attached hydrogens (tertiary/aromatic N) is 3. The van der Waals surface area contributed by atoms with Crippen LogP contribution >= 0.6 is 11.3 Å². The third kappa shape index (κ3) is 4.54. The Morgan fingerprint density at radius 2 is 2.03 bits per heavy atom. The summed E-state index contributed by atoms with van der Waals surface area (Å²) in [7, 11) is 2.91. The molecule has 178 valence electrons. The Morgan fingerprint density at radius 1 is 1.21 bits per heavy atom. The Balaban J connectivity index is 1.53. The van der Waals surface area contributed by atoms with Crippen molar-refractivity contribution in [2.24, 2.45) is 0 Å².